The molecule has 0 fully saturated rings. The van der Waals surface area contributed by atoms with Gasteiger partial charge in [-0.15, -0.1) is 0 Å². The van der Waals surface area contributed by atoms with Gasteiger partial charge in [-0.1, -0.05) is 41.9 Å². The predicted octanol–water partition coefficient (Wildman–Crippen LogP) is 4.98. The van der Waals surface area contributed by atoms with Crippen LogP contribution in [0.3, 0.4) is 0 Å². The normalized spacial score (nSPS) is 20.8. The summed E-state index contributed by atoms with van der Waals surface area (Å²) >= 11 is 6.18. The van der Waals surface area contributed by atoms with Crippen LogP contribution in [0.1, 0.15) is 35.4 Å². The van der Waals surface area contributed by atoms with Crippen molar-refractivity contribution in [2.75, 3.05) is 0 Å². The second kappa shape index (κ2) is 6.15. The van der Waals surface area contributed by atoms with Crippen molar-refractivity contribution in [3.8, 4) is 5.75 Å². The molecule has 0 amide bonds. The van der Waals surface area contributed by atoms with Crippen molar-refractivity contribution in [2.45, 2.75) is 18.7 Å². The molecule has 4 nitrogen and oxygen atoms in total. The molecule has 2 atom stereocenters. The van der Waals surface area contributed by atoms with Gasteiger partial charge in [0.05, 0.1) is 11.8 Å². The van der Waals surface area contributed by atoms with E-state index in [-0.39, 0.29) is 12.3 Å². The molecule has 0 aliphatic carbocycles. The van der Waals surface area contributed by atoms with Gasteiger partial charge in [-0.2, -0.15) is 5.10 Å². The van der Waals surface area contributed by atoms with E-state index < -0.39 is 0 Å². The molecule has 0 saturated carbocycles. The maximum Gasteiger partial charge on any atom is 0.213 e. The van der Waals surface area contributed by atoms with Crippen molar-refractivity contribution in [1.82, 2.24) is 9.99 Å². The van der Waals surface area contributed by atoms with Crippen LogP contribution in [0.15, 0.2) is 78.2 Å². The summed E-state index contributed by atoms with van der Waals surface area (Å²) in [7, 11) is 0. The smallest absolute Gasteiger partial charge is 0.213 e. The van der Waals surface area contributed by atoms with E-state index in [1.54, 1.807) is 12.4 Å². The lowest BCUT2D eigenvalue weighted by atomic mass is 9.96. The number of halogens is 1. The number of hydrogen-bond donors (Lipinski definition) is 0. The maximum absolute atomic E-state index is 6.30. The van der Waals surface area contributed by atoms with E-state index in [1.165, 1.54) is 5.56 Å². The molecule has 5 rings (SSSR count). The molecule has 26 heavy (non-hydrogen) atoms. The number of hydrogen-bond acceptors (Lipinski definition) is 4. The summed E-state index contributed by atoms with van der Waals surface area (Å²) in [5.74, 6) is 0.915. The van der Waals surface area contributed by atoms with Gasteiger partial charge in [0, 0.05) is 35.0 Å². The Bertz CT molecular complexity index is 989. The first-order valence-electron chi connectivity index (χ1n) is 8.57. The lowest BCUT2D eigenvalue weighted by Gasteiger charge is -2.38. The monoisotopic (exact) mass is 361 g/mol. The van der Waals surface area contributed by atoms with E-state index in [9.17, 15) is 0 Å². The Morgan fingerprint density at radius 2 is 1.85 bits per heavy atom. The number of fused-ring (bicyclic) bond motifs is 3. The molecule has 0 saturated heterocycles. The fourth-order valence-corrected chi connectivity index (χ4v) is 3.82. The molecule has 128 valence electrons. The van der Waals surface area contributed by atoms with Crippen molar-refractivity contribution < 1.29 is 4.74 Å². The van der Waals surface area contributed by atoms with Crippen molar-refractivity contribution in [3.63, 3.8) is 0 Å². The first kappa shape index (κ1) is 15.4. The molecule has 3 aromatic rings. The number of pyridine rings is 1. The van der Waals surface area contributed by atoms with Crippen LogP contribution >= 0.6 is 11.6 Å². The van der Waals surface area contributed by atoms with Crippen molar-refractivity contribution in [1.29, 1.82) is 0 Å². The molecule has 1 aromatic heterocycles. The Balaban J connectivity index is 1.60. The van der Waals surface area contributed by atoms with Crippen LogP contribution in [0.5, 0.6) is 5.75 Å². The summed E-state index contributed by atoms with van der Waals surface area (Å²) in [4.78, 5) is 4.12. The first-order chi connectivity index (χ1) is 12.8. The zero-order chi connectivity index (χ0) is 17.5. The Labute approximate surface area is 156 Å². The second-order valence-electron chi connectivity index (χ2n) is 6.45. The maximum atomic E-state index is 6.30. The molecule has 0 N–H and O–H groups in total. The summed E-state index contributed by atoms with van der Waals surface area (Å²) < 4.78 is 6.30. The number of benzene rings is 2. The zero-order valence-electron chi connectivity index (χ0n) is 13.9. The fraction of sp³-hybridized carbons (Fsp3) is 0.143. The van der Waals surface area contributed by atoms with Crippen LogP contribution < -0.4 is 4.74 Å². The Morgan fingerprint density at radius 3 is 2.69 bits per heavy atom. The molecule has 3 heterocycles. The molecular weight excluding hydrogens is 346 g/mol. The summed E-state index contributed by atoms with van der Waals surface area (Å²) in [5, 5.41) is 7.71. The molecule has 0 bridgehead atoms. The first-order valence-corrected chi connectivity index (χ1v) is 8.95. The second-order valence-corrected chi connectivity index (χ2v) is 6.88. The van der Waals surface area contributed by atoms with Crippen LogP contribution in [-0.2, 0) is 0 Å². The molecule has 0 radical (unpaired) electrons. The third-order valence-electron chi connectivity index (χ3n) is 4.85. The van der Waals surface area contributed by atoms with Gasteiger partial charge in [-0.3, -0.25) is 4.98 Å². The SMILES string of the molecule is Clc1cccc(C2=NN3C(C2)c2ccccc2OC3c2ccncc2)c1. The topological polar surface area (TPSA) is 37.7 Å². The summed E-state index contributed by atoms with van der Waals surface area (Å²) in [6, 6.07) is 20.2. The van der Waals surface area contributed by atoms with E-state index in [2.05, 4.69) is 22.1 Å². The van der Waals surface area contributed by atoms with Gasteiger partial charge in [0.25, 0.3) is 0 Å². The molecular formula is C21H16ClN3O. The van der Waals surface area contributed by atoms with Gasteiger partial charge in [0.15, 0.2) is 0 Å². The van der Waals surface area contributed by atoms with Crippen molar-refractivity contribution in [3.05, 3.63) is 94.8 Å². The summed E-state index contributed by atoms with van der Waals surface area (Å²) in [6.45, 7) is 0. The van der Waals surface area contributed by atoms with Crippen molar-refractivity contribution in [2.24, 2.45) is 5.10 Å². The van der Waals surface area contributed by atoms with Crippen LogP contribution in [0.4, 0.5) is 0 Å². The average Bonchev–Trinajstić information content (AvgIpc) is 3.14. The lowest BCUT2D eigenvalue weighted by Crippen LogP contribution is -2.33. The highest BCUT2D eigenvalue weighted by Crippen LogP contribution is 2.47. The minimum atomic E-state index is -0.269. The van der Waals surface area contributed by atoms with Gasteiger partial charge >= 0.3 is 0 Å². The van der Waals surface area contributed by atoms with Gasteiger partial charge in [0.2, 0.25) is 6.23 Å². The minimum Gasteiger partial charge on any atom is -0.464 e. The molecule has 0 spiro atoms. The number of hydrazone groups is 1. The number of ether oxygens (including phenoxy) is 1. The Morgan fingerprint density at radius 1 is 1.00 bits per heavy atom. The van der Waals surface area contributed by atoms with Gasteiger partial charge < -0.3 is 4.74 Å². The van der Waals surface area contributed by atoms with E-state index >= 15 is 0 Å². The van der Waals surface area contributed by atoms with E-state index in [0.29, 0.717) is 0 Å². The van der Waals surface area contributed by atoms with E-state index in [0.717, 1.165) is 34.0 Å². The minimum absolute atomic E-state index is 0.145. The Hall–Kier alpha value is -2.85. The third kappa shape index (κ3) is 2.54. The van der Waals surface area contributed by atoms with E-state index in [4.69, 9.17) is 21.4 Å². The van der Waals surface area contributed by atoms with Gasteiger partial charge in [0.1, 0.15) is 5.75 Å². The number of rotatable bonds is 2. The number of nitrogens with zero attached hydrogens (tertiary/aromatic N) is 3. The zero-order valence-corrected chi connectivity index (χ0v) is 14.7. The summed E-state index contributed by atoms with van der Waals surface area (Å²) in [5.41, 5.74) is 4.28. The summed E-state index contributed by atoms with van der Waals surface area (Å²) in [6.07, 6.45) is 4.12. The van der Waals surface area contributed by atoms with E-state index in [1.807, 2.05) is 48.5 Å². The number of para-hydroxylation sites is 1. The molecule has 5 heteroatoms. The van der Waals surface area contributed by atoms with Crippen LogP contribution in [0, 0.1) is 0 Å². The van der Waals surface area contributed by atoms with Gasteiger partial charge in [-0.25, -0.2) is 5.01 Å². The van der Waals surface area contributed by atoms with Crippen molar-refractivity contribution >= 4 is 17.3 Å². The fourth-order valence-electron chi connectivity index (χ4n) is 3.62. The van der Waals surface area contributed by atoms with Crippen LogP contribution in [0.25, 0.3) is 0 Å². The standard InChI is InChI=1S/C21H16ClN3O/c22-16-5-3-4-15(12-16)18-13-19-17-6-1-2-7-20(17)26-21(25(19)24-18)14-8-10-23-11-9-14/h1-12,19,21H,13H2. The highest BCUT2D eigenvalue weighted by atomic mass is 35.5. The average molecular weight is 362 g/mol. The van der Waals surface area contributed by atoms with Crippen LogP contribution in [-0.4, -0.2) is 15.7 Å². The molecule has 2 aliphatic rings. The Kier molecular flexibility index (Phi) is 3.64. The molecule has 2 aliphatic heterocycles. The largest absolute Gasteiger partial charge is 0.464 e. The van der Waals surface area contributed by atoms with Crippen LogP contribution in [0.2, 0.25) is 5.02 Å². The van der Waals surface area contributed by atoms with Gasteiger partial charge in [-0.05, 0) is 35.9 Å². The third-order valence-corrected chi connectivity index (χ3v) is 5.08. The highest BCUT2D eigenvalue weighted by Gasteiger charge is 2.40. The number of aromatic nitrogens is 1. The predicted molar refractivity (Wildman–Crippen MR) is 101 cm³/mol. The highest BCUT2D eigenvalue weighted by molar-refractivity contribution is 6.31. The quantitative estimate of drug-likeness (QED) is 0.646. The lowest BCUT2D eigenvalue weighted by molar-refractivity contribution is -0.0190. The molecule has 2 aromatic carbocycles. The molecule has 2 unspecified atom stereocenters.